The van der Waals surface area contributed by atoms with Crippen molar-refractivity contribution >= 4 is 0 Å². The molecule has 0 aromatic carbocycles. The minimum absolute atomic E-state index is 0.0225. The molecule has 0 saturated carbocycles. The van der Waals surface area contributed by atoms with Crippen molar-refractivity contribution < 1.29 is 9.47 Å². The lowest BCUT2D eigenvalue weighted by molar-refractivity contribution is -0.254. The molecule has 2 heteroatoms. The quantitative estimate of drug-likeness (QED) is 0.693. The summed E-state index contributed by atoms with van der Waals surface area (Å²) in [6, 6.07) is 0. The summed E-state index contributed by atoms with van der Waals surface area (Å²) in [5.74, 6) is 1.07. The van der Waals surface area contributed by atoms with E-state index in [1.807, 2.05) is 0 Å². The molecular formula is C12H24O2. The van der Waals surface area contributed by atoms with Crippen molar-refractivity contribution in [2.45, 2.75) is 59.4 Å². The molecule has 1 aliphatic rings. The summed E-state index contributed by atoms with van der Waals surface area (Å²) in [6.07, 6.45) is 3.98. The van der Waals surface area contributed by atoms with Gasteiger partial charge in [0.2, 0.25) is 0 Å². The molecule has 2 nitrogen and oxygen atoms in total. The van der Waals surface area contributed by atoms with Crippen LogP contribution in [-0.4, -0.2) is 19.0 Å². The summed E-state index contributed by atoms with van der Waals surface area (Å²) in [5, 5.41) is 0. The van der Waals surface area contributed by atoms with Gasteiger partial charge in [-0.1, -0.05) is 34.1 Å². The zero-order valence-electron chi connectivity index (χ0n) is 9.95. The highest BCUT2D eigenvalue weighted by Crippen LogP contribution is 2.27. The number of hydrogen-bond donors (Lipinski definition) is 0. The van der Waals surface area contributed by atoms with Gasteiger partial charge in [0.1, 0.15) is 0 Å². The third-order valence-corrected chi connectivity index (χ3v) is 2.95. The Morgan fingerprint density at radius 2 is 2.00 bits per heavy atom. The molecule has 1 aliphatic heterocycles. The van der Waals surface area contributed by atoms with Gasteiger partial charge in [-0.05, 0) is 12.8 Å². The number of hydrogen-bond acceptors (Lipinski definition) is 2. The molecule has 1 rings (SSSR count). The molecule has 0 aromatic rings. The summed E-state index contributed by atoms with van der Waals surface area (Å²) >= 11 is 0. The van der Waals surface area contributed by atoms with E-state index in [0.29, 0.717) is 17.9 Å². The molecule has 0 aromatic heterocycles. The van der Waals surface area contributed by atoms with Crippen LogP contribution in [0.25, 0.3) is 0 Å². The van der Waals surface area contributed by atoms with E-state index in [1.165, 1.54) is 12.8 Å². The van der Waals surface area contributed by atoms with Crippen LogP contribution in [-0.2, 0) is 9.47 Å². The summed E-state index contributed by atoms with van der Waals surface area (Å²) < 4.78 is 11.7. The highest BCUT2D eigenvalue weighted by molar-refractivity contribution is 4.74. The lowest BCUT2D eigenvalue weighted by Crippen LogP contribution is -2.41. The Hall–Kier alpha value is -0.0800. The van der Waals surface area contributed by atoms with Gasteiger partial charge in [-0.3, -0.25) is 0 Å². The van der Waals surface area contributed by atoms with E-state index in [-0.39, 0.29) is 6.29 Å². The summed E-state index contributed by atoms with van der Waals surface area (Å²) in [6.45, 7) is 9.62. The van der Waals surface area contributed by atoms with Crippen LogP contribution in [0, 0.1) is 11.8 Å². The van der Waals surface area contributed by atoms with Gasteiger partial charge in [0.25, 0.3) is 0 Å². The van der Waals surface area contributed by atoms with Gasteiger partial charge in [0.05, 0.1) is 12.7 Å². The molecule has 0 N–H and O–H groups in total. The van der Waals surface area contributed by atoms with Crippen molar-refractivity contribution in [2.24, 2.45) is 11.8 Å². The molecule has 1 fully saturated rings. The molecule has 84 valence electrons. The molecule has 1 heterocycles. The summed E-state index contributed by atoms with van der Waals surface area (Å²) in [7, 11) is 0. The molecule has 0 amide bonds. The molecule has 14 heavy (non-hydrogen) atoms. The first-order valence-electron chi connectivity index (χ1n) is 5.96. The minimum Gasteiger partial charge on any atom is -0.352 e. The van der Waals surface area contributed by atoms with E-state index in [2.05, 4.69) is 27.7 Å². The topological polar surface area (TPSA) is 18.5 Å². The van der Waals surface area contributed by atoms with Crippen LogP contribution in [0.4, 0.5) is 0 Å². The van der Waals surface area contributed by atoms with Crippen molar-refractivity contribution in [1.29, 1.82) is 0 Å². The molecule has 1 saturated heterocycles. The molecule has 3 unspecified atom stereocenters. The van der Waals surface area contributed by atoms with Crippen molar-refractivity contribution in [3.8, 4) is 0 Å². The maximum Gasteiger partial charge on any atom is 0.160 e. The number of rotatable bonds is 4. The van der Waals surface area contributed by atoms with Gasteiger partial charge in [-0.15, -0.1) is 0 Å². The molecule has 3 atom stereocenters. The van der Waals surface area contributed by atoms with Crippen LogP contribution >= 0.6 is 0 Å². The van der Waals surface area contributed by atoms with E-state index in [4.69, 9.17) is 9.47 Å². The van der Waals surface area contributed by atoms with Crippen LogP contribution < -0.4 is 0 Å². The highest BCUT2D eigenvalue weighted by Gasteiger charge is 2.31. The van der Waals surface area contributed by atoms with Gasteiger partial charge in [-0.2, -0.15) is 0 Å². The lowest BCUT2D eigenvalue weighted by atomic mass is 9.95. The Balaban J connectivity index is 2.48. The average molecular weight is 200 g/mol. The van der Waals surface area contributed by atoms with Gasteiger partial charge in [0.15, 0.2) is 6.29 Å². The van der Waals surface area contributed by atoms with E-state index in [9.17, 15) is 0 Å². The first kappa shape index (κ1) is 12.0. The molecule has 0 radical (unpaired) electrons. The Morgan fingerprint density at radius 1 is 1.29 bits per heavy atom. The normalized spacial score (nSPS) is 33.6. The third kappa shape index (κ3) is 2.96. The highest BCUT2D eigenvalue weighted by atomic mass is 16.7. The molecule has 0 spiro atoms. The Morgan fingerprint density at radius 3 is 2.50 bits per heavy atom. The zero-order chi connectivity index (χ0) is 10.6. The third-order valence-electron chi connectivity index (χ3n) is 2.95. The number of ether oxygens (including phenoxy) is 2. The maximum atomic E-state index is 5.97. The van der Waals surface area contributed by atoms with Crippen LogP contribution in [0.1, 0.15) is 47.0 Å². The first-order chi connectivity index (χ1) is 6.69. The SMILES string of the molecule is CCCC1OC(C(C)C)OCC1CC. The maximum absolute atomic E-state index is 5.97. The monoisotopic (exact) mass is 200 g/mol. The van der Waals surface area contributed by atoms with Gasteiger partial charge >= 0.3 is 0 Å². The fourth-order valence-electron chi connectivity index (χ4n) is 1.97. The second kappa shape index (κ2) is 5.72. The zero-order valence-corrected chi connectivity index (χ0v) is 9.95. The largest absolute Gasteiger partial charge is 0.352 e. The van der Waals surface area contributed by atoms with Crippen molar-refractivity contribution in [3.63, 3.8) is 0 Å². The smallest absolute Gasteiger partial charge is 0.160 e. The van der Waals surface area contributed by atoms with Crippen LogP contribution in [0.2, 0.25) is 0 Å². The second-order valence-electron chi connectivity index (χ2n) is 4.58. The van der Waals surface area contributed by atoms with Gasteiger partial charge < -0.3 is 9.47 Å². The predicted molar refractivity (Wildman–Crippen MR) is 58.1 cm³/mol. The van der Waals surface area contributed by atoms with E-state index in [1.54, 1.807) is 0 Å². The van der Waals surface area contributed by atoms with E-state index >= 15 is 0 Å². The summed E-state index contributed by atoms with van der Waals surface area (Å²) in [5.41, 5.74) is 0. The predicted octanol–water partition coefficient (Wildman–Crippen LogP) is 3.21. The van der Waals surface area contributed by atoms with Crippen LogP contribution in [0.5, 0.6) is 0 Å². The van der Waals surface area contributed by atoms with Crippen LogP contribution in [0.3, 0.4) is 0 Å². The molecule has 0 bridgehead atoms. The van der Waals surface area contributed by atoms with Crippen LogP contribution in [0.15, 0.2) is 0 Å². The Labute approximate surface area is 88.0 Å². The minimum atomic E-state index is 0.0225. The fraction of sp³-hybridized carbons (Fsp3) is 1.00. The Bertz CT molecular complexity index is 156. The fourth-order valence-corrected chi connectivity index (χ4v) is 1.97. The first-order valence-corrected chi connectivity index (χ1v) is 5.96. The Kier molecular flexibility index (Phi) is 4.90. The van der Waals surface area contributed by atoms with Crippen molar-refractivity contribution in [2.75, 3.05) is 6.61 Å². The van der Waals surface area contributed by atoms with Gasteiger partial charge in [-0.25, -0.2) is 0 Å². The average Bonchev–Trinajstić information content (AvgIpc) is 2.18. The van der Waals surface area contributed by atoms with E-state index in [0.717, 1.165) is 13.0 Å². The second-order valence-corrected chi connectivity index (χ2v) is 4.58. The lowest BCUT2D eigenvalue weighted by Gasteiger charge is -2.37. The van der Waals surface area contributed by atoms with Crippen molar-refractivity contribution in [3.05, 3.63) is 0 Å². The molecule has 0 aliphatic carbocycles. The molecular weight excluding hydrogens is 176 g/mol. The van der Waals surface area contributed by atoms with Crippen molar-refractivity contribution in [1.82, 2.24) is 0 Å². The van der Waals surface area contributed by atoms with Gasteiger partial charge in [0, 0.05) is 11.8 Å². The standard InChI is InChI=1S/C12H24O2/c1-5-7-11-10(6-2)8-13-12(14-11)9(3)4/h9-12H,5-8H2,1-4H3. The summed E-state index contributed by atoms with van der Waals surface area (Å²) in [4.78, 5) is 0. The van der Waals surface area contributed by atoms with E-state index < -0.39 is 0 Å².